The number of carbonyl (C=O) groups is 1. The summed E-state index contributed by atoms with van der Waals surface area (Å²) in [5.74, 6) is 0.973. The molecule has 0 aliphatic carbocycles. The molecular weight excluding hydrogens is 346 g/mol. The Morgan fingerprint density at radius 1 is 1.19 bits per heavy atom. The van der Waals surface area contributed by atoms with Crippen molar-refractivity contribution in [3.05, 3.63) is 53.1 Å². The number of aryl methyl sites for hydroxylation is 1. The number of rotatable bonds is 5. The lowest BCUT2D eigenvalue weighted by atomic mass is 9.89. The molecule has 1 N–H and O–H groups in total. The molecule has 0 radical (unpaired) electrons. The van der Waals surface area contributed by atoms with Crippen molar-refractivity contribution >= 4 is 5.97 Å². The minimum Gasteiger partial charge on any atom is -0.497 e. The number of hydrogen-bond donors (Lipinski definition) is 1. The highest BCUT2D eigenvalue weighted by molar-refractivity contribution is 5.72. The van der Waals surface area contributed by atoms with Gasteiger partial charge in [0.2, 0.25) is 6.79 Å². The highest BCUT2D eigenvalue weighted by Crippen LogP contribution is 2.39. The highest BCUT2D eigenvalue weighted by atomic mass is 16.7. The van der Waals surface area contributed by atoms with Crippen LogP contribution in [0, 0.1) is 12.8 Å². The summed E-state index contributed by atoms with van der Waals surface area (Å²) < 4.78 is 16.1. The second-order valence-corrected chi connectivity index (χ2v) is 7.15. The van der Waals surface area contributed by atoms with Gasteiger partial charge in [0.05, 0.1) is 13.0 Å². The first-order chi connectivity index (χ1) is 13.0. The van der Waals surface area contributed by atoms with Gasteiger partial charge in [-0.1, -0.05) is 12.1 Å². The van der Waals surface area contributed by atoms with E-state index in [0.29, 0.717) is 24.6 Å². The Bertz CT molecular complexity index is 866. The van der Waals surface area contributed by atoms with E-state index < -0.39 is 11.9 Å². The minimum atomic E-state index is -0.758. The third-order valence-electron chi connectivity index (χ3n) is 5.48. The summed E-state index contributed by atoms with van der Waals surface area (Å²) in [5.41, 5.74) is 3.32. The molecule has 1 fully saturated rings. The molecule has 4 rings (SSSR count). The summed E-state index contributed by atoms with van der Waals surface area (Å²) in [6.07, 6.45) is 0. The zero-order valence-electron chi connectivity index (χ0n) is 15.5. The molecule has 0 saturated carbocycles. The monoisotopic (exact) mass is 369 g/mol. The zero-order valence-corrected chi connectivity index (χ0v) is 15.5. The highest BCUT2D eigenvalue weighted by Gasteiger charge is 2.39. The van der Waals surface area contributed by atoms with Crippen molar-refractivity contribution in [1.82, 2.24) is 4.90 Å². The molecule has 6 nitrogen and oxygen atoms in total. The van der Waals surface area contributed by atoms with Crippen molar-refractivity contribution in [3.63, 3.8) is 0 Å². The Labute approximate surface area is 158 Å². The molecule has 2 atom stereocenters. The lowest BCUT2D eigenvalue weighted by Crippen LogP contribution is -2.23. The van der Waals surface area contributed by atoms with Crippen molar-refractivity contribution in [2.24, 2.45) is 5.92 Å². The molecule has 0 bridgehead atoms. The van der Waals surface area contributed by atoms with Crippen LogP contribution in [0.15, 0.2) is 36.4 Å². The fourth-order valence-corrected chi connectivity index (χ4v) is 3.96. The Hall–Kier alpha value is -2.73. The summed E-state index contributed by atoms with van der Waals surface area (Å²) in [4.78, 5) is 14.1. The predicted octanol–water partition coefficient (Wildman–Crippen LogP) is 3.03. The smallest absolute Gasteiger partial charge is 0.308 e. The molecule has 2 aromatic rings. The summed E-state index contributed by atoms with van der Waals surface area (Å²) in [6, 6.07) is 11.8. The number of likely N-dealkylation sites (tertiary alicyclic amines) is 1. The number of aliphatic carboxylic acids is 1. The van der Waals surface area contributed by atoms with Gasteiger partial charge >= 0.3 is 5.97 Å². The molecule has 27 heavy (non-hydrogen) atoms. The van der Waals surface area contributed by atoms with Crippen LogP contribution < -0.4 is 14.2 Å². The topological polar surface area (TPSA) is 68.2 Å². The van der Waals surface area contributed by atoms with Crippen molar-refractivity contribution in [3.8, 4) is 17.2 Å². The number of fused-ring (bicyclic) bond motifs is 1. The fourth-order valence-electron chi connectivity index (χ4n) is 3.96. The van der Waals surface area contributed by atoms with E-state index in [0.717, 1.165) is 23.4 Å². The van der Waals surface area contributed by atoms with Crippen molar-refractivity contribution < 1.29 is 24.1 Å². The minimum absolute atomic E-state index is 0.0736. The van der Waals surface area contributed by atoms with Crippen LogP contribution in [0.1, 0.15) is 22.6 Å². The Kier molecular flexibility index (Phi) is 4.66. The van der Waals surface area contributed by atoms with Crippen LogP contribution in [0.2, 0.25) is 0 Å². The third-order valence-corrected chi connectivity index (χ3v) is 5.48. The largest absolute Gasteiger partial charge is 0.497 e. The first kappa shape index (κ1) is 17.7. The van der Waals surface area contributed by atoms with Crippen LogP contribution in [-0.2, 0) is 11.3 Å². The van der Waals surface area contributed by atoms with Gasteiger partial charge in [0, 0.05) is 25.6 Å². The standard InChI is InChI=1S/C21H23NO5/c1-13-7-16(25-2)5-3-15(13)9-22-10-17(18(11-22)21(23)24)14-4-6-19-20(8-14)27-12-26-19/h3-8,17-18H,9-12H2,1-2H3,(H,23,24)/t17-,18+/m0/s1. The lowest BCUT2D eigenvalue weighted by Gasteiger charge is -2.18. The van der Waals surface area contributed by atoms with Gasteiger partial charge in [-0.25, -0.2) is 0 Å². The summed E-state index contributed by atoms with van der Waals surface area (Å²) >= 11 is 0. The van der Waals surface area contributed by atoms with E-state index in [1.165, 1.54) is 5.56 Å². The quantitative estimate of drug-likeness (QED) is 0.874. The van der Waals surface area contributed by atoms with E-state index in [4.69, 9.17) is 14.2 Å². The van der Waals surface area contributed by atoms with E-state index >= 15 is 0 Å². The van der Waals surface area contributed by atoms with Gasteiger partial charge in [-0.2, -0.15) is 0 Å². The maximum atomic E-state index is 11.9. The zero-order chi connectivity index (χ0) is 19.0. The van der Waals surface area contributed by atoms with E-state index in [9.17, 15) is 9.90 Å². The lowest BCUT2D eigenvalue weighted by molar-refractivity contribution is -0.141. The van der Waals surface area contributed by atoms with Crippen LogP contribution in [0.5, 0.6) is 17.2 Å². The first-order valence-corrected chi connectivity index (χ1v) is 9.03. The molecule has 6 heteroatoms. The van der Waals surface area contributed by atoms with Gasteiger partial charge in [-0.3, -0.25) is 9.69 Å². The molecule has 1 saturated heterocycles. The van der Waals surface area contributed by atoms with Gasteiger partial charge in [-0.15, -0.1) is 0 Å². The van der Waals surface area contributed by atoms with Crippen molar-refractivity contribution in [2.75, 3.05) is 27.0 Å². The SMILES string of the molecule is COc1ccc(CN2C[C@@H](C(=O)O)[C@H](c3ccc4c(c3)OCO4)C2)c(C)c1. The van der Waals surface area contributed by atoms with Gasteiger partial charge in [-0.05, 0) is 47.9 Å². The molecule has 2 heterocycles. The fraction of sp³-hybridized carbons (Fsp3) is 0.381. The molecular formula is C21H23NO5. The molecule has 2 aromatic carbocycles. The van der Waals surface area contributed by atoms with Gasteiger partial charge < -0.3 is 19.3 Å². The third kappa shape index (κ3) is 3.45. The van der Waals surface area contributed by atoms with Crippen LogP contribution in [-0.4, -0.2) is 43.0 Å². The first-order valence-electron chi connectivity index (χ1n) is 9.03. The van der Waals surface area contributed by atoms with E-state index in [2.05, 4.69) is 17.9 Å². The average molecular weight is 369 g/mol. The molecule has 0 amide bonds. The Balaban J connectivity index is 1.54. The van der Waals surface area contributed by atoms with E-state index in [1.54, 1.807) is 7.11 Å². The average Bonchev–Trinajstić information content (AvgIpc) is 3.29. The number of nitrogens with zero attached hydrogens (tertiary/aromatic N) is 1. The number of ether oxygens (including phenoxy) is 3. The molecule has 2 aliphatic heterocycles. The van der Waals surface area contributed by atoms with Gasteiger partial charge in [0.15, 0.2) is 11.5 Å². The van der Waals surface area contributed by atoms with Gasteiger partial charge in [0.25, 0.3) is 0 Å². The van der Waals surface area contributed by atoms with Crippen LogP contribution in [0.25, 0.3) is 0 Å². The second-order valence-electron chi connectivity index (χ2n) is 7.15. The molecule has 2 aliphatic rings. The maximum absolute atomic E-state index is 11.9. The van der Waals surface area contributed by atoms with Crippen molar-refractivity contribution in [1.29, 1.82) is 0 Å². The summed E-state index contributed by atoms with van der Waals surface area (Å²) in [5, 5.41) is 9.75. The van der Waals surface area contributed by atoms with Crippen molar-refractivity contribution in [2.45, 2.75) is 19.4 Å². The molecule has 0 aromatic heterocycles. The Morgan fingerprint density at radius 2 is 2.00 bits per heavy atom. The Morgan fingerprint density at radius 3 is 2.74 bits per heavy atom. The number of benzene rings is 2. The van der Waals surface area contributed by atoms with Crippen LogP contribution in [0.3, 0.4) is 0 Å². The number of hydrogen-bond acceptors (Lipinski definition) is 5. The molecule has 0 unspecified atom stereocenters. The second kappa shape index (κ2) is 7.12. The maximum Gasteiger partial charge on any atom is 0.308 e. The van der Waals surface area contributed by atoms with E-state index in [1.807, 2.05) is 30.3 Å². The molecule has 0 spiro atoms. The number of methoxy groups -OCH3 is 1. The molecule has 142 valence electrons. The number of carboxylic acid groups (broad SMARTS) is 1. The summed E-state index contributed by atoms with van der Waals surface area (Å²) in [6.45, 7) is 4.22. The summed E-state index contributed by atoms with van der Waals surface area (Å²) in [7, 11) is 1.66. The van der Waals surface area contributed by atoms with Crippen LogP contribution in [0.4, 0.5) is 0 Å². The number of carboxylic acids is 1. The normalized spacial score (nSPS) is 21.4. The van der Waals surface area contributed by atoms with Crippen LogP contribution >= 0.6 is 0 Å². The van der Waals surface area contributed by atoms with Gasteiger partial charge in [0.1, 0.15) is 5.75 Å². The van der Waals surface area contributed by atoms with E-state index in [-0.39, 0.29) is 12.7 Å². The predicted molar refractivity (Wildman–Crippen MR) is 99.4 cm³/mol.